The maximum absolute atomic E-state index is 13.6. The SMILES string of the molecule is CCOc1ncccc1C(=O)NCCOc1ccc2nnc(-c3cccc(F)c3)n2n1. The molecule has 1 amide bonds. The minimum atomic E-state index is -0.376. The molecule has 0 saturated heterocycles. The molecule has 0 saturated carbocycles. The zero-order valence-electron chi connectivity index (χ0n) is 16.7. The number of hydrogen-bond donors (Lipinski definition) is 1. The van der Waals surface area contributed by atoms with Gasteiger partial charge in [-0.2, -0.15) is 4.52 Å². The van der Waals surface area contributed by atoms with Gasteiger partial charge in [-0.3, -0.25) is 4.79 Å². The van der Waals surface area contributed by atoms with Gasteiger partial charge in [-0.1, -0.05) is 12.1 Å². The lowest BCUT2D eigenvalue weighted by molar-refractivity contribution is 0.0941. The molecule has 9 nitrogen and oxygen atoms in total. The van der Waals surface area contributed by atoms with Crippen LogP contribution in [0, 0.1) is 5.82 Å². The lowest BCUT2D eigenvalue weighted by Crippen LogP contribution is -2.28. The molecule has 4 aromatic rings. The van der Waals surface area contributed by atoms with Gasteiger partial charge in [0.1, 0.15) is 18.0 Å². The second-order valence-electron chi connectivity index (χ2n) is 6.37. The molecule has 0 aliphatic carbocycles. The predicted octanol–water partition coefficient (Wildman–Crippen LogP) is 2.53. The van der Waals surface area contributed by atoms with Crippen molar-refractivity contribution >= 4 is 11.6 Å². The van der Waals surface area contributed by atoms with E-state index in [9.17, 15) is 9.18 Å². The fourth-order valence-electron chi connectivity index (χ4n) is 2.89. The number of fused-ring (bicyclic) bond motifs is 1. The Labute approximate surface area is 176 Å². The van der Waals surface area contributed by atoms with Crippen LogP contribution in [-0.4, -0.2) is 50.5 Å². The summed E-state index contributed by atoms with van der Waals surface area (Å²) in [4.78, 5) is 16.4. The molecular formula is C21H19FN6O3. The zero-order valence-corrected chi connectivity index (χ0v) is 16.7. The first-order valence-corrected chi connectivity index (χ1v) is 9.63. The van der Waals surface area contributed by atoms with Crippen molar-refractivity contribution in [1.82, 2.24) is 30.1 Å². The van der Waals surface area contributed by atoms with Crippen molar-refractivity contribution in [2.75, 3.05) is 19.8 Å². The second kappa shape index (κ2) is 9.16. The standard InChI is InChI=1S/C21H19FN6O3/c1-2-30-21-16(7-4-10-24-21)20(29)23-11-12-31-18-9-8-17-25-26-19(28(17)27-18)14-5-3-6-15(22)13-14/h3-10,13H,2,11-12H2,1H3,(H,23,29). The highest BCUT2D eigenvalue weighted by molar-refractivity contribution is 5.96. The number of aromatic nitrogens is 5. The van der Waals surface area contributed by atoms with Gasteiger partial charge in [-0.05, 0) is 37.3 Å². The van der Waals surface area contributed by atoms with Crippen LogP contribution in [0.1, 0.15) is 17.3 Å². The number of hydrogen-bond acceptors (Lipinski definition) is 7. The molecule has 3 heterocycles. The Balaban J connectivity index is 1.40. The first-order valence-electron chi connectivity index (χ1n) is 9.63. The number of rotatable bonds is 8. The van der Waals surface area contributed by atoms with Crippen molar-refractivity contribution < 1.29 is 18.7 Å². The molecule has 0 unspecified atom stereocenters. The van der Waals surface area contributed by atoms with Gasteiger partial charge in [0.05, 0.1) is 13.2 Å². The first-order chi connectivity index (χ1) is 15.2. The summed E-state index contributed by atoms with van der Waals surface area (Å²) < 4.78 is 26.0. The lowest BCUT2D eigenvalue weighted by atomic mass is 10.2. The van der Waals surface area contributed by atoms with Crippen molar-refractivity contribution in [3.05, 3.63) is 66.1 Å². The topological polar surface area (TPSA) is 104 Å². The highest BCUT2D eigenvalue weighted by Crippen LogP contribution is 2.20. The molecule has 0 atom stereocenters. The quantitative estimate of drug-likeness (QED) is 0.435. The van der Waals surface area contributed by atoms with Crippen molar-refractivity contribution in [3.8, 4) is 23.1 Å². The van der Waals surface area contributed by atoms with E-state index in [2.05, 4.69) is 25.6 Å². The van der Waals surface area contributed by atoms with Crippen LogP contribution in [0.15, 0.2) is 54.7 Å². The molecule has 0 aliphatic heterocycles. The van der Waals surface area contributed by atoms with E-state index in [4.69, 9.17) is 9.47 Å². The third kappa shape index (κ3) is 4.58. The number of halogens is 1. The largest absolute Gasteiger partial charge is 0.477 e. The molecule has 31 heavy (non-hydrogen) atoms. The van der Waals surface area contributed by atoms with Gasteiger partial charge in [0, 0.05) is 17.8 Å². The molecule has 0 fully saturated rings. The van der Waals surface area contributed by atoms with E-state index in [-0.39, 0.29) is 30.8 Å². The van der Waals surface area contributed by atoms with E-state index in [1.807, 2.05) is 6.92 Å². The van der Waals surface area contributed by atoms with Gasteiger partial charge in [-0.25, -0.2) is 9.37 Å². The van der Waals surface area contributed by atoms with Crippen molar-refractivity contribution in [2.24, 2.45) is 0 Å². The Hall–Kier alpha value is -4.08. The Kier molecular flexibility index (Phi) is 5.97. The van der Waals surface area contributed by atoms with E-state index >= 15 is 0 Å². The number of carbonyl (C=O) groups excluding carboxylic acids is 1. The van der Waals surface area contributed by atoms with Crippen molar-refractivity contribution in [2.45, 2.75) is 6.92 Å². The van der Waals surface area contributed by atoms with Gasteiger partial charge in [0.15, 0.2) is 11.5 Å². The van der Waals surface area contributed by atoms with E-state index in [0.29, 0.717) is 35.1 Å². The molecule has 158 valence electrons. The summed E-state index contributed by atoms with van der Waals surface area (Å²) in [7, 11) is 0. The normalized spacial score (nSPS) is 10.8. The molecule has 0 radical (unpaired) electrons. The summed E-state index contributed by atoms with van der Waals surface area (Å²) in [6, 6.07) is 12.7. The number of benzene rings is 1. The van der Waals surface area contributed by atoms with Gasteiger partial charge < -0.3 is 14.8 Å². The maximum atomic E-state index is 13.6. The van der Waals surface area contributed by atoms with Crippen molar-refractivity contribution in [3.63, 3.8) is 0 Å². The van der Waals surface area contributed by atoms with Crippen LogP contribution >= 0.6 is 0 Å². The van der Waals surface area contributed by atoms with Crippen LogP contribution in [0.4, 0.5) is 4.39 Å². The van der Waals surface area contributed by atoms with E-state index in [1.54, 1.807) is 42.6 Å². The smallest absolute Gasteiger partial charge is 0.256 e. The van der Waals surface area contributed by atoms with Crippen LogP contribution in [0.25, 0.3) is 17.0 Å². The molecule has 3 aromatic heterocycles. The summed E-state index contributed by atoms with van der Waals surface area (Å²) in [6.07, 6.45) is 1.57. The number of nitrogens with zero attached hydrogens (tertiary/aromatic N) is 5. The van der Waals surface area contributed by atoms with Gasteiger partial charge in [0.2, 0.25) is 11.8 Å². The number of amides is 1. The molecule has 0 bridgehead atoms. The lowest BCUT2D eigenvalue weighted by Gasteiger charge is -2.10. The van der Waals surface area contributed by atoms with Gasteiger partial charge >= 0.3 is 0 Å². The molecule has 1 N–H and O–H groups in total. The monoisotopic (exact) mass is 422 g/mol. The predicted molar refractivity (Wildman–Crippen MR) is 109 cm³/mol. The molecule has 10 heteroatoms. The average Bonchev–Trinajstić information content (AvgIpc) is 3.20. The molecule has 4 rings (SSSR count). The van der Waals surface area contributed by atoms with E-state index in [1.165, 1.54) is 16.6 Å². The summed E-state index contributed by atoms with van der Waals surface area (Å²) in [5.41, 5.74) is 1.40. The summed E-state index contributed by atoms with van der Waals surface area (Å²) in [6.45, 7) is 2.67. The fraction of sp³-hybridized carbons (Fsp3) is 0.190. The maximum Gasteiger partial charge on any atom is 0.256 e. The number of nitrogens with one attached hydrogen (secondary N) is 1. The second-order valence-corrected chi connectivity index (χ2v) is 6.37. The van der Waals surface area contributed by atoms with Crippen LogP contribution < -0.4 is 14.8 Å². The zero-order chi connectivity index (χ0) is 21.6. The van der Waals surface area contributed by atoms with Crippen LogP contribution in [0.2, 0.25) is 0 Å². The molecular weight excluding hydrogens is 403 g/mol. The van der Waals surface area contributed by atoms with Gasteiger partial charge in [0.25, 0.3) is 5.91 Å². The summed E-state index contributed by atoms with van der Waals surface area (Å²) in [5, 5.41) is 15.2. The van der Waals surface area contributed by atoms with E-state index in [0.717, 1.165) is 0 Å². The third-order valence-corrected chi connectivity index (χ3v) is 4.26. The molecule has 0 spiro atoms. The molecule has 0 aliphatic rings. The Bertz CT molecular complexity index is 1210. The fourth-order valence-corrected chi connectivity index (χ4v) is 2.89. The highest BCUT2D eigenvalue weighted by Gasteiger charge is 2.13. The Morgan fingerprint density at radius 2 is 2.03 bits per heavy atom. The van der Waals surface area contributed by atoms with Crippen LogP contribution in [0.3, 0.4) is 0 Å². The first kappa shape index (κ1) is 20.2. The third-order valence-electron chi connectivity index (χ3n) is 4.26. The number of ether oxygens (including phenoxy) is 2. The van der Waals surface area contributed by atoms with Gasteiger partial charge in [-0.15, -0.1) is 15.3 Å². The van der Waals surface area contributed by atoms with Crippen LogP contribution in [0.5, 0.6) is 11.8 Å². The van der Waals surface area contributed by atoms with Crippen molar-refractivity contribution in [1.29, 1.82) is 0 Å². The molecule has 1 aromatic carbocycles. The minimum Gasteiger partial charge on any atom is -0.477 e. The summed E-state index contributed by atoms with van der Waals surface area (Å²) in [5.74, 6) is 0.311. The Morgan fingerprint density at radius 3 is 2.87 bits per heavy atom. The highest BCUT2D eigenvalue weighted by atomic mass is 19.1. The Morgan fingerprint density at radius 1 is 1.13 bits per heavy atom. The van der Waals surface area contributed by atoms with Crippen LogP contribution in [-0.2, 0) is 0 Å². The van der Waals surface area contributed by atoms with E-state index < -0.39 is 0 Å². The summed E-state index contributed by atoms with van der Waals surface area (Å²) >= 11 is 0. The number of carbonyl (C=O) groups is 1. The number of pyridine rings is 1. The minimum absolute atomic E-state index is 0.186. The average molecular weight is 422 g/mol.